The highest BCUT2D eigenvalue weighted by molar-refractivity contribution is 6.00. The predicted molar refractivity (Wildman–Crippen MR) is 109 cm³/mol. The van der Waals surface area contributed by atoms with E-state index in [1.165, 1.54) is 71.6 Å². The van der Waals surface area contributed by atoms with E-state index in [4.69, 9.17) is 5.11 Å². The number of carbonyl (C=O) groups excluding carboxylic acids is 2. The number of hydrogen-bond donors (Lipinski definition) is 3. The SMILES string of the molecule is CCCCCCCCCCCCCC(=O)NCCNC(=O)C(C)(C)C(=O)O. The van der Waals surface area contributed by atoms with E-state index in [-0.39, 0.29) is 12.5 Å². The van der Waals surface area contributed by atoms with Crippen LogP contribution in [0.3, 0.4) is 0 Å². The molecule has 0 atom stereocenters. The normalized spacial score (nSPS) is 11.2. The number of hydrogen-bond acceptors (Lipinski definition) is 3. The maximum atomic E-state index is 11.7. The van der Waals surface area contributed by atoms with E-state index in [0.717, 1.165) is 12.8 Å². The second-order valence-electron chi connectivity index (χ2n) is 7.82. The average Bonchev–Trinajstić information content (AvgIpc) is 2.62. The first-order chi connectivity index (χ1) is 12.8. The van der Waals surface area contributed by atoms with Crippen molar-refractivity contribution in [1.29, 1.82) is 0 Å². The second kappa shape index (κ2) is 15.5. The number of aliphatic carboxylic acids is 1. The molecule has 0 rings (SSSR count). The fourth-order valence-electron chi connectivity index (χ4n) is 2.73. The van der Waals surface area contributed by atoms with Crippen LogP contribution in [0.5, 0.6) is 0 Å². The molecule has 0 aromatic heterocycles. The molecule has 0 bridgehead atoms. The number of carboxylic acid groups (broad SMARTS) is 1. The summed E-state index contributed by atoms with van der Waals surface area (Å²) in [6.45, 7) is 5.50. The van der Waals surface area contributed by atoms with Gasteiger partial charge in [-0.05, 0) is 20.3 Å². The van der Waals surface area contributed by atoms with Gasteiger partial charge in [0.05, 0.1) is 0 Å². The molecule has 0 spiro atoms. The van der Waals surface area contributed by atoms with Crippen molar-refractivity contribution >= 4 is 17.8 Å². The Morgan fingerprint density at radius 3 is 1.67 bits per heavy atom. The summed E-state index contributed by atoms with van der Waals surface area (Å²) in [6.07, 6.45) is 14.3. The fourth-order valence-corrected chi connectivity index (χ4v) is 2.73. The number of carboxylic acids is 1. The molecule has 27 heavy (non-hydrogen) atoms. The van der Waals surface area contributed by atoms with Crippen molar-refractivity contribution in [3.05, 3.63) is 0 Å². The van der Waals surface area contributed by atoms with Crippen LogP contribution in [-0.2, 0) is 14.4 Å². The first-order valence-corrected chi connectivity index (χ1v) is 10.6. The molecular formula is C21H40N2O4. The van der Waals surface area contributed by atoms with Gasteiger partial charge in [-0.1, -0.05) is 71.1 Å². The topological polar surface area (TPSA) is 95.5 Å². The zero-order valence-corrected chi connectivity index (χ0v) is 17.6. The van der Waals surface area contributed by atoms with E-state index in [1.807, 2.05) is 0 Å². The smallest absolute Gasteiger partial charge is 0.318 e. The van der Waals surface area contributed by atoms with Gasteiger partial charge in [-0.25, -0.2) is 0 Å². The third-order valence-electron chi connectivity index (χ3n) is 4.84. The molecule has 2 amide bonds. The number of nitrogens with one attached hydrogen (secondary N) is 2. The minimum atomic E-state index is -1.46. The van der Waals surface area contributed by atoms with Crippen LogP contribution in [0.25, 0.3) is 0 Å². The zero-order chi connectivity index (χ0) is 20.5. The molecule has 0 unspecified atom stereocenters. The molecule has 0 aliphatic carbocycles. The molecule has 6 heteroatoms. The van der Waals surface area contributed by atoms with Gasteiger partial charge in [-0.3, -0.25) is 14.4 Å². The number of carbonyl (C=O) groups is 3. The molecule has 0 aromatic carbocycles. The lowest BCUT2D eigenvalue weighted by atomic mass is 9.93. The lowest BCUT2D eigenvalue weighted by Gasteiger charge is -2.18. The molecule has 0 aromatic rings. The fraction of sp³-hybridized carbons (Fsp3) is 0.857. The number of amides is 2. The third kappa shape index (κ3) is 13.3. The van der Waals surface area contributed by atoms with Crippen molar-refractivity contribution in [3.8, 4) is 0 Å². The van der Waals surface area contributed by atoms with Gasteiger partial charge in [0.25, 0.3) is 0 Å². The minimum Gasteiger partial charge on any atom is -0.480 e. The third-order valence-corrected chi connectivity index (χ3v) is 4.84. The summed E-state index contributed by atoms with van der Waals surface area (Å²) in [6, 6.07) is 0. The van der Waals surface area contributed by atoms with Gasteiger partial charge in [0, 0.05) is 19.5 Å². The summed E-state index contributed by atoms with van der Waals surface area (Å²) in [5, 5.41) is 14.2. The van der Waals surface area contributed by atoms with Crippen LogP contribution < -0.4 is 10.6 Å². The summed E-state index contributed by atoms with van der Waals surface area (Å²) in [4.78, 5) is 34.4. The van der Waals surface area contributed by atoms with Crippen LogP contribution in [-0.4, -0.2) is 36.0 Å². The molecule has 6 nitrogen and oxygen atoms in total. The molecule has 0 saturated carbocycles. The molecule has 3 N–H and O–H groups in total. The second-order valence-corrected chi connectivity index (χ2v) is 7.82. The maximum absolute atomic E-state index is 11.7. The lowest BCUT2D eigenvalue weighted by molar-refractivity contribution is -0.153. The highest BCUT2D eigenvalue weighted by atomic mass is 16.4. The Balaban J connectivity index is 3.47. The van der Waals surface area contributed by atoms with Crippen LogP contribution in [0.1, 0.15) is 97.8 Å². The lowest BCUT2D eigenvalue weighted by Crippen LogP contribution is -2.44. The van der Waals surface area contributed by atoms with Crippen molar-refractivity contribution in [1.82, 2.24) is 10.6 Å². The van der Waals surface area contributed by atoms with Crippen LogP contribution in [0.2, 0.25) is 0 Å². The average molecular weight is 385 g/mol. The van der Waals surface area contributed by atoms with Gasteiger partial charge in [-0.2, -0.15) is 0 Å². The predicted octanol–water partition coefficient (Wildman–Crippen LogP) is 4.03. The van der Waals surface area contributed by atoms with Crippen LogP contribution in [0.4, 0.5) is 0 Å². The molecule has 0 aliphatic rings. The van der Waals surface area contributed by atoms with Crippen LogP contribution in [0, 0.1) is 5.41 Å². The summed E-state index contributed by atoms with van der Waals surface area (Å²) in [5.41, 5.74) is -1.46. The Labute approximate surface area is 164 Å². The molecule has 0 fully saturated rings. The first-order valence-electron chi connectivity index (χ1n) is 10.6. The Morgan fingerprint density at radius 2 is 1.19 bits per heavy atom. The van der Waals surface area contributed by atoms with Crippen molar-refractivity contribution in [2.45, 2.75) is 97.8 Å². The largest absolute Gasteiger partial charge is 0.480 e. The molecule has 0 radical (unpaired) electrons. The number of rotatable bonds is 17. The Hall–Kier alpha value is -1.59. The van der Waals surface area contributed by atoms with Gasteiger partial charge in [0.2, 0.25) is 11.8 Å². The minimum absolute atomic E-state index is 0.0160. The quantitative estimate of drug-likeness (QED) is 0.261. The van der Waals surface area contributed by atoms with Gasteiger partial charge >= 0.3 is 5.97 Å². The van der Waals surface area contributed by atoms with Gasteiger partial charge < -0.3 is 15.7 Å². The Morgan fingerprint density at radius 1 is 0.741 bits per heavy atom. The van der Waals surface area contributed by atoms with E-state index in [1.54, 1.807) is 0 Å². The molecule has 0 aliphatic heterocycles. The van der Waals surface area contributed by atoms with Crippen molar-refractivity contribution in [3.63, 3.8) is 0 Å². The maximum Gasteiger partial charge on any atom is 0.318 e. The summed E-state index contributed by atoms with van der Waals surface area (Å²) in [5.74, 6) is -1.73. The summed E-state index contributed by atoms with van der Waals surface area (Å²) >= 11 is 0. The van der Waals surface area contributed by atoms with Gasteiger partial charge in [0.15, 0.2) is 0 Å². The first kappa shape index (κ1) is 25.4. The van der Waals surface area contributed by atoms with Crippen molar-refractivity contribution < 1.29 is 19.5 Å². The summed E-state index contributed by atoms with van der Waals surface area (Å²) in [7, 11) is 0. The van der Waals surface area contributed by atoms with Crippen LogP contribution >= 0.6 is 0 Å². The molecular weight excluding hydrogens is 344 g/mol. The van der Waals surface area contributed by atoms with Crippen molar-refractivity contribution in [2.75, 3.05) is 13.1 Å². The Kier molecular flexibility index (Phi) is 14.6. The highest BCUT2D eigenvalue weighted by Crippen LogP contribution is 2.14. The van der Waals surface area contributed by atoms with E-state index in [9.17, 15) is 14.4 Å². The summed E-state index contributed by atoms with van der Waals surface area (Å²) < 4.78 is 0. The standard InChI is InChI=1S/C21H40N2O4/c1-4-5-6-7-8-9-10-11-12-13-14-15-18(24)22-16-17-23-19(25)21(2,3)20(26)27/h4-17H2,1-3H3,(H,22,24)(H,23,25)(H,26,27). The molecule has 0 heterocycles. The monoisotopic (exact) mass is 384 g/mol. The van der Waals surface area contributed by atoms with E-state index >= 15 is 0 Å². The van der Waals surface area contributed by atoms with Crippen molar-refractivity contribution in [2.24, 2.45) is 5.41 Å². The van der Waals surface area contributed by atoms with E-state index in [2.05, 4.69) is 17.6 Å². The van der Waals surface area contributed by atoms with Gasteiger partial charge in [-0.15, -0.1) is 0 Å². The highest BCUT2D eigenvalue weighted by Gasteiger charge is 2.35. The molecule has 0 saturated heterocycles. The molecule has 158 valence electrons. The number of unbranched alkanes of at least 4 members (excludes halogenated alkanes) is 10. The van der Waals surface area contributed by atoms with E-state index in [0.29, 0.717) is 13.0 Å². The zero-order valence-electron chi connectivity index (χ0n) is 17.6. The van der Waals surface area contributed by atoms with Gasteiger partial charge in [0.1, 0.15) is 5.41 Å². The van der Waals surface area contributed by atoms with Crippen LogP contribution in [0.15, 0.2) is 0 Å². The van der Waals surface area contributed by atoms with E-state index < -0.39 is 17.3 Å². The Bertz CT molecular complexity index is 436.